The SMILES string of the molecule is CCc1ccc([C@@]2(O)CN(c3ccc(Cl)cc3)C3=[N+]2CCCS3)cc1. The molecular formula is C20H22ClN2OS+. The van der Waals surface area contributed by atoms with Crippen molar-refractivity contribution in [1.29, 1.82) is 0 Å². The molecule has 25 heavy (non-hydrogen) atoms. The van der Waals surface area contributed by atoms with Gasteiger partial charge in [0, 0.05) is 16.3 Å². The summed E-state index contributed by atoms with van der Waals surface area (Å²) >= 11 is 7.87. The van der Waals surface area contributed by atoms with E-state index in [1.54, 1.807) is 0 Å². The third kappa shape index (κ3) is 2.97. The number of nitrogens with zero attached hydrogens (tertiary/aromatic N) is 2. The van der Waals surface area contributed by atoms with Crippen molar-refractivity contribution in [3.8, 4) is 0 Å². The Morgan fingerprint density at radius 1 is 1.16 bits per heavy atom. The van der Waals surface area contributed by atoms with Crippen LogP contribution in [0.25, 0.3) is 0 Å². The van der Waals surface area contributed by atoms with Gasteiger partial charge in [-0.05, 0) is 54.4 Å². The third-order valence-corrected chi connectivity index (χ3v) is 6.45. The number of benzene rings is 2. The van der Waals surface area contributed by atoms with Crippen LogP contribution in [0.15, 0.2) is 48.5 Å². The zero-order chi connectivity index (χ0) is 17.4. The van der Waals surface area contributed by atoms with Crippen LogP contribution in [0.4, 0.5) is 5.69 Å². The molecule has 0 saturated heterocycles. The zero-order valence-electron chi connectivity index (χ0n) is 14.3. The number of β-amino-alcohol motifs (C(OH)–C–C–N with tert-alkyl or cyclic N) is 1. The average Bonchev–Trinajstić information content (AvgIpc) is 2.97. The molecular weight excluding hydrogens is 352 g/mol. The molecule has 0 bridgehead atoms. The summed E-state index contributed by atoms with van der Waals surface area (Å²) < 4.78 is 2.16. The van der Waals surface area contributed by atoms with Crippen molar-refractivity contribution in [2.24, 2.45) is 0 Å². The number of halogens is 1. The van der Waals surface area contributed by atoms with E-state index in [2.05, 4.69) is 40.7 Å². The van der Waals surface area contributed by atoms with Gasteiger partial charge in [0.05, 0.1) is 6.54 Å². The Bertz CT molecular complexity index is 803. The van der Waals surface area contributed by atoms with Crippen LogP contribution in [0, 0.1) is 0 Å². The quantitative estimate of drug-likeness (QED) is 0.821. The lowest BCUT2D eigenvalue weighted by Gasteiger charge is -2.24. The van der Waals surface area contributed by atoms with Gasteiger partial charge >= 0.3 is 5.17 Å². The number of rotatable bonds is 3. The molecule has 3 nitrogen and oxygen atoms in total. The van der Waals surface area contributed by atoms with Crippen LogP contribution in [0.1, 0.15) is 24.5 Å². The van der Waals surface area contributed by atoms with Crippen molar-refractivity contribution in [3.63, 3.8) is 0 Å². The summed E-state index contributed by atoms with van der Waals surface area (Å²) in [5.41, 5.74) is 2.33. The molecule has 2 aliphatic heterocycles. The van der Waals surface area contributed by atoms with Crippen LogP contribution in [-0.2, 0) is 12.1 Å². The Kier molecular flexibility index (Phi) is 4.52. The maximum absolute atomic E-state index is 11.6. The Hall–Kier alpha value is -1.49. The third-order valence-electron chi connectivity index (χ3n) is 5.01. The average molecular weight is 374 g/mol. The minimum absolute atomic E-state index is 0.530. The van der Waals surface area contributed by atoms with Gasteiger partial charge in [0.1, 0.15) is 5.69 Å². The number of hydrogen-bond acceptors (Lipinski definition) is 3. The van der Waals surface area contributed by atoms with Crippen LogP contribution >= 0.6 is 23.4 Å². The first-order valence-electron chi connectivity index (χ1n) is 8.74. The van der Waals surface area contributed by atoms with Crippen molar-refractivity contribution < 1.29 is 9.68 Å². The first kappa shape index (κ1) is 17.0. The second-order valence-electron chi connectivity index (χ2n) is 6.57. The van der Waals surface area contributed by atoms with Gasteiger partial charge in [-0.2, -0.15) is 0 Å². The summed E-state index contributed by atoms with van der Waals surface area (Å²) in [6, 6.07) is 16.2. The van der Waals surface area contributed by atoms with E-state index >= 15 is 0 Å². The highest BCUT2D eigenvalue weighted by atomic mass is 35.5. The van der Waals surface area contributed by atoms with E-state index in [4.69, 9.17) is 11.6 Å². The van der Waals surface area contributed by atoms with E-state index in [1.807, 2.05) is 36.0 Å². The molecule has 0 aromatic heterocycles. The molecule has 0 amide bonds. The normalized spacial score (nSPS) is 23.1. The van der Waals surface area contributed by atoms with Crippen LogP contribution in [0.3, 0.4) is 0 Å². The van der Waals surface area contributed by atoms with Gasteiger partial charge in [0.25, 0.3) is 5.72 Å². The molecule has 5 heteroatoms. The molecule has 0 radical (unpaired) electrons. The minimum atomic E-state index is -0.991. The van der Waals surface area contributed by atoms with Crippen LogP contribution in [0.2, 0.25) is 5.02 Å². The monoisotopic (exact) mass is 373 g/mol. The molecule has 0 aliphatic carbocycles. The van der Waals surface area contributed by atoms with Gasteiger partial charge in [0.15, 0.2) is 6.54 Å². The lowest BCUT2D eigenvalue weighted by Crippen LogP contribution is -2.41. The van der Waals surface area contributed by atoms with E-state index < -0.39 is 5.72 Å². The van der Waals surface area contributed by atoms with E-state index in [0.717, 1.165) is 46.6 Å². The van der Waals surface area contributed by atoms with Gasteiger partial charge in [-0.3, -0.25) is 0 Å². The minimum Gasteiger partial charge on any atom is -0.346 e. The van der Waals surface area contributed by atoms with Gasteiger partial charge < -0.3 is 5.11 Å². The maximum atomic E-state index is 11.6. The van der Waals surface area contributed by atoms with Crippen molar-refractivity contribution in [1.82, 2.24) is 0 Å². The Morgan fingerprint density at radius 2 is 1.88 bits per heavy atom. The van der Waals surface area contributed by atoms with E-state index in [0.29, 0.717) is 6.54 Å². The largest absolute Gasteiger partial charge is 0.346 e. The second kappa shape index (κ2) is 6.67. The van der Waals surface area contributed by atoms with E-state index in [1.165, 1.54) is 5.56 Å². The van der Waals surface area contributed by atoms with Crippen LogP contribution < -0.4 is 4.90 Å². The van der Waals surface area contributed by atoms with Crippen molar-refractivity contribution >= 4 is 34.2 Å². The first-order valence-corrected chi connectivity index (χ1v) is 10.1. The molecule has 0 spiro atoms. The zero-order valence-corrected chi connectivity index (χ0v) is 15.9. The summed E-state index contributed by atoms with van der Waals surface area (Å²) in [4.78, 5) is 2.22. The van der Waals surface area contributed by atoms with Crippen LogP contribution in [-0.4, -0.2) is 33.7 Å². The van der Waals surface area contributed by atoms with Gasteiger partial charge in [-0.15, -0.1) is 0 Å². The van der Waals surface area contributed by atoms with Gasteiger partial charge in [-0.1, -0.05) is 42.8 Å². The molecule has 0 saturated carbocycles. The molecule has 130 valence electrons. The van der Waals surface area contributed by atoms with Crippen molar-refractivity contribution in [3.05, 3.63) is 64.7 Å². The number of thioether (sulfide) groups is 1. The topological polar surface area (TPSA) is 26.5 Å². The smallest absolute Gasteiger partial charge is 0.316 e. The molecule has 2 aromatic rings. The highest BCUT2D eigenvalue weighted by Gasteiger charge is 2.53. The Morgan fingerprint density at radius 3 is 2.56 bits per heavy atom. The standard InChI is InChI=1S/C20H22ClN2OS/c1-2-15-4-6-16(7-5-15)20(24)14-22(18-10-8-17(21)9-11-18)19-23(20)12-3-13-25-19/h4-11,24H,2-3,12-14H2,1H3/q+1/t20-/m0/s1. The van der Waals surface area contributed by atoms with Crippen molar-refractivity contribution in [2.45, 2.75) is 25.5 Å². The predicted octanol–water partition coefficient (Wildman–Crippen LogP) is 4.07. The summed E-state index contributed by atoms with van der Waals surface area (Å²) in [7, 11) is 0. The van der Waals surface area contributed by atoms with Crippen LogP contribution in [0.5, 0.6) is 0 Å². The predicted molar refractivity (Wildman–Crippen MR) is 106 cm³/mol. The first-order chi connectivity index (χ1) is 12.1. The number of aryl methyl sites for hydroxylation is 1. The molecule has 1 atom stereocenters. The molecule has 1 N–H and O–H groups in total. The number of anilines is 1. The maximum Gasteiger partial charge on any atom is 0.316 e. The summed E-state index contributed by atoms with van der Waals surface area (Å²) in [6.45, 7) is 3.55. The summed E-state index contributed by atoms with van der Waals surface area (Å²) in [5.74, 6) is 1.08. The fourth-order valence-electron chi connectivity index (χ4n) is 3.58. The van der Waals surface area contributed by atoms with Gasteiger partial charge in [0.2, 0.25) is 0 Å². The molecule has 2 aromatic carbocycles. The Balaban J connectivity index is 1.76. The lowest BCUT2D eigenvalue weighted by molar-refractivity contribution is -0.656. The highest BCUT2D eigenvalue weighted by Crippen LogP contribution is 2.37. The molecule has 2 heterocycles. The van der Waals surface area contributed by atoms with E-state index in [-0.39, 0.29) is 0 Å². The lowest BCUT2D eigenvalue weighted by atomic mass is 10.00. The fraction of sp³-hybridized carbons (Fsp3) is 0.350. The van der Waals surface area contributed by atoms with Gasteiger partial charge in [-0.25, -0.2) is 9.48 Å². The number of amidine groups is 1. The molecule has 0 unspecified atom stereocenters. The molecule has 2 aliphatic rings. The molecule has 0 fully saturated rings. The number of aliphatic hydroxyl groups is 1. The molecule has 4 rings (SSSR count). The second-order valence-corrected chi connectivity index (χ2v) is 8.06. The highest BCUT2D eigenvalue weighted by molar-refractivity contribution is 8.13. The van der Waals surface area contributed by atoms with E-state index in [9.17, 15) is 5.11 Å². The van der Waals surface area contributed by atoms with Crippen molar-refractivity contribution in [2.75, 3.05) is 23.7 Å². The fourth-order valence-corrected chi connectivity index (χ4v) is 4.88. The number of hydrogen-bond donors (Lipinski definition) is 1. The summed E-state index contributed by atoms with van der Waals surface area (Å²) in [5, 5.41) is 13.5. The summed E-state index contributed by atoms with van der Waals surface area (Å²) in [6.07, 6.45) is 2.09. The Labute approximate surface area is 157 Å².